The second kappa shape index (κ2) is 11.7. The fraction of sp³-hybridized carbons (Fsp3) is 0.276. The number of rotatable bonds is 7. The number of halogens is 5. The van der Waals surface area contributed by atoms with Crippen LogP contribution in [0.25, 0.3) is 17.2 Å². The molecule has 2 aliphatic heterocycles. The third kappa shape index (κ3) is 6.54. The maximum Gasteiger partial charge on any atom is 0.417 e. The number of aliphatic carboxylic acids is 1. The Kier molecular flexibility index (Phi) is 8.51. The van der Waals surface area contributed by atoms with E-state index in [4.69, 9.17) is 9.47 Å². The number of carboxylic acids is 1. The first-order chi connectivity index (χ1) is 18.2. The molecule has 0 radical (unpaired) electrons. The summed E-state index contributed by atoms with van der Waals surface area (Å²) >= 11 is 0. The molecule has 0 aliphatic carbocycles. The molecule has 0 amide bonds. The van der Waals surface area contributed by atoms with Gasteiger partial charge >= 0.3 is 12.1 Å². The molecule has 1 fully saturated rings. The van der Waals surface area contributed by atoms with Gasteiger partial charge in [0.05, 0.1) is 11.5 Å². The first-order valence-corrected chi connectivity index (χ1v) is 12.2. The van der Waals surface area contributed by atoms with Crippen molar-refractivity contribution in [2.24, 2.45) is 5.92 Å². The van der Waals surface area contributed by atoms with Gasteiger partial charge in [0.2, 0.25) is 0 Å². The summed E-state index contributed by atoms with van der Waals surface area (Å²) in [6.07, 6.45) is -2.03. The van der Waals surface area contributed by atoms with E-state index in [0.29, 0.717) is 31.9 Å². The van der Waals surface area contributed by atoms with Crippen LogP contribution in [0.4, 0.5) is 17.6 Å². The zero-order valence-corrected chi connectivity index (χ0v) is 21.5. The predicted molar refractivity (Wildman–Crippen MR) is 141 cm³/mol. The minimum atomic E-state index is -4.69. The van der Waals surface area contributed by atoms with Gasteiger partial charge in [-0.25, -0.2) is 4.39 Å². The smallest absolute Gasteiger partial charge is 0.417 e. The van der Waals surface area contributed by atoms with Crippen molar-refractivity contribution < 1.29 is 36.9 Å². The number of alkyl halides is 3. The molecule has 1 unspecified atom stereocenters. The third-order valence-electron chi connectivity index (χ3n) is 6.76. The van der Waals surface area contributed by atoms with E-state index in [0.717, 1.165) is 35.4 Å². The van der Waals surface area contributed by atoms with Gasteiger partial charge in [-0.2, -0.15) is 13.2 Å². The maximum atomic E-state index is 14.2. The highest BCUT2D eigenvalue weighted by Crippen LogP contribution is 2.40. The van der Waals surface area contributed by atoms with Crippen molar-refractivity contribution in [2.45, 2.75) is 19.2 Å². The van der Waals surface area contributed by atoms with E-state index in [1.165, 1.54) is 30.3 Å². The summed E-state index contributed by atoms with van der Waals surface area (Å²) in [5.41, 5.74) is 1.28. The van der Waals surface area contributed by atoms with Crippen molar-refractivity contribution >= 4 is 24.5 Å². The number of carbonyl (C=O) groups is 1. The number of ether oxygens (including phenoxy) is 2. The van der Waals surface area contributed by atoms with Gasteiger partial charge < -0.3 is 14.6 Å². The molecule has 1 atom stereocenters. The number of hydrogen-bond acceptors (Lipinski definition) is 4. The Hall–Kier alpha value is -3.56. The van der Waals surface area contributed by atoms with Crippen LogP contribution in [0.5, 0.6) is 11.5 Å². The highest BCUT2D eigenvalue weighted by molar-refractivity contribution is 5.85. The molecule has 206 valence electrons. The summed E-state index contributed by atoms with van der Waals surface area (Å²) in [6.45, 7) is 2.28. The molecule has 2 heterocycles. The molecule has 0 spiro atoms. The molecule has 1 saturated heterocycles. The second-order valence-corrected chi connectivity index (χ2v) is 9.50. The van der Waals surface area contributed by atoms with Crippen LogP contribution in [0.3, 0.4) is 0 Å². The molecule has 2 aliphatic rings. The van der Waals surface area contributed by atoms with E-state index in [-0.39, 0.29) is 41.8 Å². The monoisotopic (exact) mass is 563 g/mol. The summed E-state index contributed by atoms with van der Waals surface area (Å²) in [7, 11) is 0. The zero-order chi connectivity index (χ0) is 26.9. The number of nitrogens with zero attached hydrogens (tertiary/aromatic N) is 1. The Balaban J connectivity index is 0.00000353. The molecule has 0 saturated carbocycles. The van der Waals surface area contributed by atoms with E-state index in [2.05, 4.69) is 4.90 Å². The van der Waals surface area contributed by atoms with Crippen LogP contribution in [0.2, 0.25) is 0 Å². The maximum absolute atomic E-state index is 14.2. The SMILES string of the molecule is Cl.O=C(O)C1CCN(CC2=Cc3ccc(COc4ccc(-c5ccccc5F)c(C(F)(F)F)c4)cc3OC2)C1. The lowest BCUT2D eigenvalue weighted by Crippen LogP contribution is -2.27. The van der Waals surface area contributed by atoms with Crippen molar-refractivity contribution in [2.75, 3.05) is 26.2 Å². The van der Waals surface area contributed by atoms with Crippen molar-refractivity contribution in [3.8, 4) is 22.6 Å². The van der Waals surface area contributed by atoms with Gasteiger partial charge in [0.15, 0.2) is 0 Å². The molecule has 0 bridgehead atoms. The first kappa shape index (κ1) is 28.4. The number of likely N-dealkylation sites (tertiary alicyclic amines) is 1. The van der Waals surface area contributed by atoms with Crippen molar-refractivity contribution in [1.29, 1.82) is 0 Å². The lowest BCUT2D eigenvalue weighted by Gasteiger charge is -2.23. The normalized spacial score (nSPS) is 17.0. The Morgan fingerprint density at radius 1 is 1.08 bits per heavy atom. The molecule has 10 heteroatoms. The summed E-state index contributed by atoms with van der Waals surface area (Å²) in [5, 5.41) is 9.19. The fourth-order valence-electron chi connectivity index (χ4n) is 4.83. The van der Waals surface area contributed by atoms with Crippen molar-refractivity contribution in [1.82, 2.24) is 4.90 Å². The predicted octanol–water partition coefficient (Wildman–Crippen LogP) is 6.69. The first-order valence-electron chi connectivity index (χ1n) is 12.2. The minimum absolute atomic E-state index is 0. The summed E-state index contributed by atoms with van der Waals surface area (Å²) < 4.78 is 67.1. The van der Waals surface area contributed by atoms with E-state index in [1.54, 1.807) is 6.07 Å². The van der Waals surface area contributed by atoms with Crippen LogP contribution in [-0.2, 0) is 17.6 Å². The quantitative estimate of drug-likeness (QED) is 0.324. The largest absolute Gasteiger partial charge is 0.489 e. The average molecular weight is 564 g/mol. The van der Waals surface area contributed by atoms with Crippen LogP contribution in [0, 0.1) is 11.7 Å². The Morgan fingerprint density at radius 2 is 1.87 bits per heavy atom. The summed E-state index contributed by atoms with van der Waals surface area (Å²) in [5.74, 6) is -1.17. The third-order valence-corrected chi connectivity index (χ3v) is 6.76. The van der Waals surface area contributed by atoms with Crippen LogP contribution in [-0.4, -0.2) is 42.2 Å². The zero-order valence-electron chi connectivity index (χ0n) is 20.7. The summed E-state index contributed by atoms with van der Waals surface area (Å²) in [4.78, 5) is 13.3. The van der Waals surface area contributed by atoms with E-state index >= 15 is 0 Å². The van der Waals surface area contributed by atoms with Gasteiger partial charge in [0.25, 0.3) is 0 Å². The van der Waals surface area contributed by atoms with Gasteiger partial charge in [-0.15, -0.1) is 12.4 Å². The standard InChI is InChI=1S/C29H25F4NO4.ClH/c30-26-4-2-1-3-24(26)23-8-7-22(13-25(23)29(31,32)33)37-16-18-5-6-20-11-19(17-38-27(20)12-18)14-34-10-9-21(15-34)28(35)36;/h1-8,11-13,21H,9-10,14-17H2,(H,35,36);1H. The number of hydrogen-bond donors (Lipinski definition) is 1. The summed E-state index contributed by atoms with van der Waals surface area (Å²) in [6, 6.07) is 14.3. The number of benzene rings is 3. The molecule has 39 heavy (non-hydrogen) atoms. The topological polar surface area (TPSA) is 59.0 Å². The molecule has 0 aromatic heterocycles. The highest BCUT2D eigenvalue weighted by atomic mass is 35.5. The van der Waals surface area contributed by atoms with E-state index < -0.39 is 23.5 Å². The lowest BCUT2D eigenvalue weighted by atomic mass is 9.98. The number of carboxylic acid groups (broad SMARTS) is 1. The lowest BCUT2D eigenvalue weighted by molar-refractivity contribution is -0.141. The Morgan fingerprint density at radius 3 is 2.59 bits per heavy atom. The van der Waals surface area contributed by atoms with Crippen molar-refractivity contribution in [3.05, 3.63) is 88.7 Å². The van der Waals surface area contributed by atoms with Gasteiger partial charge in [-0.3, -0.25) is 9.69 Å². The minimum Gasteiger partial charge on any atom is -0.489 e. The van der Waals surface area contributed by atoms with Gasteiger partial charge in [0.1, 0.15) is 30.5 Å². The molecular weight excluding hydrogens is 538 g/mol. The number of fused-ring (bicyclic) bond motifs is 1. The van der Waals surface area contributed by atoms with Gasteiger partial charge in [-0.1, -0.05) is 30.3 Å². The Bertz CT molecular complexity index is 1390. The molecule has 5 nitrogen and oxygen atoms in total. The Labute approximate surface area is 229 Å². The molecular formula is C29H26ClF4NO4. The molecule has 1 N–H and O–H groups in total. The molecule has 3 aromatic carbocycles. The average Bonchev–Trinajstić information content (AvgIpc) is 3.36. The van der Waals surface area contributed by atoms with Gasteiger partial charge in [0, 0.05) is 24.2 Å². The van der Waals surface area contributed by atoms with E-state index in [9.17, 15) is 27.5 Å². The molecule has 3 aromatic rings. The van der Waals surface area contributed by atoms with Crippen LogP contribution >= 0.6 is 12.4 Å². The van der Waals surface area contributed by atoms with E-state index in [1.807, 2.05) is 18.2 Å². The van der Waals surface area contributed by atoms with Crippen LogP contribution in [0.1, 0.15) is 23.1 Å². The highest BCUT2D eigenvalue weighted by Gasteiger charge is 2.35. The second-order valence-electron chi connectivity index (χ2n) is 9.50. The van der Waals surface area contributed by atoms with Gasteiger partial charge in [-0.05, 0) is 66.1 Å². The fourth-order valence-corrected chi connectivity index (χ4v) is 4.83. The van der Waals surface area contributed by atoms with Crippen LogP contribution in [0.15, 0.2) is 66.2 Å². The molecule has 5 rings (SSSR count). The van der Waals surface area contributed by atoms with Crippen molar-refractivity contribution in [3.63, 3.8) is 0 Å². The van der Waals surface area contributed by atoms with Crippen LogP contribution < -0.4 is 9.47 Å².